The molecule has 1 fully saturated rings. The van der Waals surface area contributed by atoms with Gasteiger partial charge in [0.15, 0.2) is 0 Å². The van der Waals surface area contributed by atoms with Crippen molar-refractivity contribution in [3.05, 3.63) is 0 Å². The van der Waals surface area contributed by atoms with Gasteiger partial charge in [-0.2, -0.15) is 0 Å². The van der Waals surface area contributed by atoms with E-state index >= 15 is 0 Å². The molecule has 1 aliphatic rings. The lowest BCUT2D eigenvalue weighted by atomic mass is 10.3. The molecule has 0 aliphatic carbocycles. The van der Waals surface area contributed by atoms with Crippen LogP contribution in [0.2, 0.25) is 0 Å². The molecule has 3 nitrogen and oxygen atoms in total. The van der Waals surface area contributed by atoms with Crippen molar-refractivity contribution < 1.29 is 9.53 Å². The first-order valence-corrected chi connectivity index (χ1v) is 3.38. The lowest BCUT2D eigenvalue weighted by Crippen LogP contribution is -2.41. The van der Waals surface area contributed by atoms with Gasteiger partial charge < -0.3 is 9.41 Å². The summed E-state index contributed by atoms with van der Waals surface area (Å²) < 4.78 is 6.59. The fraction of sp³-hybridized carbons (Fsp3) is 0.800. The van der Waals surface area contributed by atoms with Crippen molar-refractivity contribution in [1.82, 2.24) is 4.67 Å². The Morgan fingerprint density at radius 2 is 2.56 bits per heavy atom. The summed E-state index contributed by atoms with van der Waals surface area (Å²) in [5.74, 6) is 0.0405. The van der Waals surface area contributed by atoms with Crippen LogP contribution < -0.4 is 0 Å². The Labute approximate surface area is 56.6 Å². The second-order valence-electron chi connectivity index (χ2n) is 2.17. The molecular weight excluding hydrogens is 137 g/mol. The van der Waals surface area contributed by atoms with Crippen molar-refractivity contribution >= 4 is 15.3 Å². The van der Waals surface area contributed by atoms with Crippen molar-refractivity contribution in [3.8, 4) is 0 Å². The minimum Gasteiger partial charge on any atom is -0.369 e. The topological polar surface area (TPSA) is 29.5 Å². The minimum atomic E-state index is 0.0405. The fourth-order valence-corrected chi connectivity index (χ4v) is 0.878. The van der Waals surface area contributed by atoms with Gasteiger partial charge in [0.1, 0.15) is 6.61 Å². The van der Waals surface area contributed by atoms with E-state index in [9.17, 15) is 4.79 Å². The molecule has 0 aromatic carbocycles. The average Bonchev–Trinajstić information content (AvgIpc) is 1.83. The average molecular weight is 147 g/mol. The molecule has 2 atom stereocenters. The highest BCUT2D eigenvalue weighted by atomic mass is 31.0. The van der Waals surface area contributed by atoms with Gasteiger partial charge in [0, 0.05) is 0 Å². The van der Waals surface area contributed by atoms with Crippen molar-refractivity contribution in [1.29, 1.82) is 0 Å². The van der Waals surface area contributed by atoms with Crippen molar-refractivity contribution in [2.45, 2.75) is 13.0 Å². The molecule has 0 spiro atoms. The monoisotopic (exact) mass is 147 g/mol. The summed E-state index contributed by atoms with van der Waals surface area (Å²) in [4.78, 5) is 10.8. The van der Waals surface area contributed by atoms with Crippen LogP contribution in [-0.2, 0) is 9.53 Å². The molecule has 0 bridgehead atoms. The molecule has 4 heteroatoms. The lowest BCUT2D eigenvalue weighted by Gasteiger charge is -2.28. The Kier molecular flexibility index (Phi) is 2.04. The van der Waals surface area contributed by atoms with Crippen molar-refractivity contribution in [2.75, 3.05) is 13.2 Å². The normalized spacial score (nSPS) is 28.9. The van der Waals surface area contributed by atoms with E-state index in [1.54, 1.807) is 4.67 Å². The number of nitrogens with zero attached hydrogens (tertiary/aromatic N) is 1. The fourth-order valence-electron chi connectivity index (χ4n) is 0.717. The number of carbonyl (C=O) groups excluding carboxylic acids is 1. The van der Waals surface area contributed by atoms with E-state index in [-0.39, 0.29) is 18.6 Å². The number of rotatable bonds is 0. The summed E-state index contributed by atoms with van der Waals surface area (Å²) in [6.07, 6.45) is 0. The van der Waals surface area contributed by atoms with Crippen LogP contribution in [0, 0.1) is 0 Å². The largest absolute Gasteiger partial charge is 0.369 e. The third kappa shape index (κ3) is 1.41. The van der Waals surface area contributed by atoms with Crippen LogP contribution in [0.4, 0.5) is 0 Å². The van der Waals surface area contributed by atoms with E-state index in [0.717, 1.165) is 0 Å². The predicted octanol–water partition coefficient (Wildman–Crippen LogP) is 0.0238. The smallest absolute Gasteiger partial charge is 0.251 e. The maximum Gasteiger partial charge on any atom is 0.251 e. The molecule has 9 heavy (non-hydrogen) atoms. The van der Waals surface area contributed by atoms with Gasteiger partial charge in [-0.25, -0.2) is 0 Å². The molecule has 0 N–H and O–H groups in total. The third-order valence-electron chi connectivity index (χ3n) is 1.35. The number of amides is 1. The maximum atomic E-state index is 10.8. The van der Waals surface area contributed by atoms with Crippen LogP contribution >= 0.6 is 9.39 Å². The Balaban J connectivity index is 2.51. The lowest BCUT2D eigenvalue weighted by molar-refractivity contribution is -0.139. The SMILES string of the molecule is CC1COCC(=O)N1P. The first-order chi connectivity index (χ1) is 4.22. The summed E-state index contributed by atoms with van der Waals surface area (Å²) >= 11 is 0. The van der Waals surface area contributed by atoms with Crippen molar-refractivity contribution in [3.63, 3.8) is 0 Å². The standard InChI is InChI=1S/C5H10NO2P/c1-4-2-8-3-5(7)6(4)9/h4H,2-3,9H2,1H3. The second kappa shape index (κ2) is 2.63. The minimum absolute atomic E-state index is 0.0405. The van der Waals surface area contributed by atoms with E-state index in [0.29, 0.717) is 6.61 Å². The van der Waals surface area contributed by atoms with Gasteiger partial charge >= 0.3 is 0 Å². The zero-order valence-electron chi connectivity index (χ0n) is 5.33. The van der Waals surface area contributed by atoms with Crippen LogP contribution in [-0.4, -0.2) is 29.8 Å². The van der Waals surface area contributed by atoms with E-state index in [1.807, 2.05) is 6.92 Å². The van der Waals surface area contributed by atoms with Crippen LogP contribution in [0.5, 0.6) is 0 Å². The zero-order chi connectivity index (χ0) is 6.85. The Morgan fingerprint density at radius 1 is 1.89 bits per heavy atom. The molecule has 1 amide bonds. The molecule has 1 heterocycles. The van der Waals surface area contributed by atoms with Gasteiger partial charge in [-0.3, -0.25) is 4.79 Å². The number of hydrogen-bond acceptors (Lipinski definition) is 2. The second-order valence-corrected chi connectivity index (χ2v) is 2.72. The van der Waals surface area contributed by atoms with Crippen LogP contribution in [0.1, 0.15) is 6.92 Å². The van der Waals surface area contributed by atoms with Gasteiger partial charge in [-0.05, 0) is 16.3 Å². The van der Waals surface area contributed by atoms with E-state index in [2.05, 4.69) is 9.39 Å². The predicted molar refractivity (Wildman–Crippen MR) is 36.8 cm³/mol. The molecule has 0 radical (unpaired) electrons. The van der Waals surface area contributed by atoms with E-state index in [1.165, 1.54) is 0 Å². The summed E-state index contributed by atoms with van der Waals surface area (Å²) in [6.45, 7) is 2.83. The zero-order valence-corrected chi connectivity index (χ0v) is 6.49. The number of morpholine rings is 1. The third-order valence-corrected chi connectivity index (χ3v) is 2.14. The molecule has 0 saturated carbocycles. The highest BCUT2D eigenvalue weighted by Gasteiger charge is 2.20. The van der Waals surface area contributed by atoms with E-state index < -0.39 is 0 Å². The highest BCUT2D eigenvalue weighted by molar-refractivity contribution is 7.14. The van der Waals surface area contributed by atoms with Gasteiger partial charge in [0.2, 0.25) is 0 Å². The van der Waals surface area contributed by atoms with E-state index in [4.69, 9.17) is 4.74 Å². The summed E-state index contributed by atoms with van der Waals surface area (Å²) in [5.41, 5.74) is 0. The Bertz CT molecular complexity index is 128. The first kappa shape index (κ1) is 6.97. The molecule has 1 saturated heterocycles. The number of ether oxygens (including phenoxy) is 1. The van der Waals surface area contributed by atoms with Crippen LogP contribution in [0.25, 0.3) is 0 Å². The van der Waals surface area contributed by atoms with Crippen molar-refractivity contribution in [2.24, 2.45) is 0 Å². The number of hydrogen-bond donors (Lipinski definition) is 0. The first-order valence-electron chi connectivity index (χ1n) is 2.86. The van der Waals surface area contributed by atoms with Gasteiger partial charge in [0.25, 0.3) is 5.91 Å². The van der Waals surface area contributed by atoms with Crippen LogP contribution in [0.15, 0.2) is 0 Å². The summed E-state index contributed by atoms with van der Waals surface area (Å²) in [5, 5.41) is 0. The quantitative estimate of drug-likeness (QED) is 0.452. The molecule has 0 aromatic heterocycles. The highest BCUT2D eigenvalue weighted by Crippen LogP contribution is 2.11. The molecule has 52 valence electrons. The molecule has 1 aliphatic heterocycles. The molecule has 1 rings (SSSR count). The Morgan fingerprint density at radius 3 is 3.00 bits per heavy atom. The van der Waals surface area contributed by atoms with Gasteiger partial charge in [0.05, 0.1) is 12.6 Å². The van der Waals surface area contributed by atoms with Crippen LogP contribution in [0.3, 0.4) is 0 Å². The summed E-state index contributed by atoms with van der Waals surface area (Å²) in [6, 6.07) is 0.205. The van der Waals surface area contributed by atoms with Gasteiger partial charge in [-0.1, -0.05) is 0 Å². The Hall–Kier alpha value is -0.140. The number of carbonyl (C=O) groups is 1. The molecule has 0 aromatic rings. The molecular formula is C5H10NO2P. The molecule has 2 unspecified atom stereocenters. The van der Waals surface area contributed by atoms with Gasteiger partial charge in [-0.15, -0.1) is 0 Å². The summed E-state index contributed by atoms with van der Waals surface area (Å²) in [7, 11) is 2.39. The maximum absolute atomic E-state index is 10.8.